The number of hydrogen-bond donors (Lipinski definition) is 1. The van der Waals surface area contributed by atoms with Crippen molar-refractivity contribution in [3.63, 3.8) is 0 Å². The molecule has 0 unspecified atom stereocenters. The molecule has 3 aliphatic rings. The Hall–Kier alpha value is -1.95. The summed E-state index contributed by atoms with van der Waals surface area (Å²) in [6.07, 6.45) is 11.7. The molecule has 1 saturated carbocycles. The molecule has 6 nitrogen and oxygen atoms in total. The SMILES string of the molecule is O=C(N[C@H]1COC2(CCCCC2)C1)C1CCN(C(=O)c2ccncc2)CC1. The predicted octanol–water partition coefficient (Wildman–Crippen LogP) is 2.54. The molecule has 3 heterocycles. The van der Waals surface area contributed by atoms with E-state index in [0.717, 1.165) is 32.1 Å². The fourth-order valence-corrected chi connectivity index (χ4v) is 4.82. The van der Waals surface area contributed by atoms with Gasteiger partial charge in [-0.3, -0.25) is 14.6 Å². The monoisotopic (exact) mass is 371 g/mol. The first kappa shape index (κ1) is 18.4. The van der Waals surface area contributed by atoms with Gasteiger partial charge in [0.1, 0.15) is 0 Å². The molecular weight excluding hydrogens is 342 g/mol. The van der Waals surface area contributed by atoms with E-state index >= 15 is 0 Å². The summed E-state index contributed by atoms with van der Waals surface area (Å²) < 4.78 is 6.11. The first-order valence-corrected chi connectivity index (χ1v) is 10.3. The lowest BCUT2D eigenvalue weighted by Gasteiger charge is -2.33. The number of likely N-dealkylation sites (tertiary alicyclic amines) is 1. The highest BCUT2D eigenvalue weighted by atomic mass is 16.5. The summed E-state index contributed by atoms with van der Waals surface area (Å²) >= 11 is 0. The zero-order valence-electron chi connectivity index (χ0n) is 15.9. The van der Waals surface area contributed by atoms with Crippen molar-refractivity contribution in [2.24, 2.45) is 5.92 Å². The van der Waals surface area contributed by atoms with Crippen molar-refractivity contribution in [3.05, 3.63) is 30.1 Å². The Morgan fingerprint density at radius 2 is 1.81 bits per heavy atom. The predicted molar refractivity (Wildman–Crippen MR) is 101 cm³/mol. The van der Waals surface area contributed by atoms with Gasteiger partial charge in [0.2, 0.25) is 5.91 Å². The molecule has 1 aliphatic carbocycles. The molecule has 2 saturated heterocycles. The maximum absolute atomic E-state index is 12.7. The molecule has 1 spiro atoms. The molecule has 0 aromatic carbocycles. The van der Waals surface area contributed by atoms with Crippen molar-refractivity contribution in [1.29, 1.82) is 0 Å². The van der Waals surface area contributed by atoms with Crippen molar-refractivity contribution >= 4 is 11.8 Å². The third-order valence-electron chi connectivity index (χ3n) is 6.40. The molecule has 1 aromatic heterocycles. The highest BCUT2D eigenvalue weighted by Gasteiger charge is 2.42. The highest BCUT2D eigenvalue weighted by Crippen LogP contribution is 2.39. The summed E-state index contributed by atoms with van der Waals surface area (Å²) in [6.45, 7) is 1.90. The van der Waals surface area contributed by atoms with Crippen LogP contribution < -0.4 is 5.32 Å². The van der Waals surface area contributed by atoms with Crippen LogP contribution in [0, 0.1) is 5.92 Å². The van der Waals surface area contributed by atoms with Crippen LogP contribution in [-0.2, 0) is 9.53 Å². The van der Waals surface area contributed by atoms with E-state index in [2.05, 4.69) is 10.3 Å². The van der Waals surface area contributed by atoms with E-state index in [1.807, 2.05) is 4.90 Å². The minimum atomic E-state index is -0.00519. The topological polar surface area (TPSA) is 71.5 Å². The van der Waals surface area contributed by atoms with Crippen LogP contribution >= 0.6 is 0 Å². The van der Waals surface area contributed by atoms with Gasteiger partial charge in [-0.2, -0.15) is 0 Å². The van der Waals surface area contributed by atoms with Gasteiger partial charge in [-0.05, 0) is 44.2 Å². The van der Waals surface area contributed by atoms with Crippen LogP contribution in [-0.4, -0.2) is 53.0 Å². The van der Waals surface area contributed by atoms with E-state index < -0.39 is 0 Å². The summed E-state index contributed by atoms with van der Waals surface area (Å²) in [5, 5.41) is 3.22. The van der Waals surface area contributed by atoms with E-state index in [-0.39, 0.29) is 29.4 Å². The number of piperidine rings is 1. The number of carbonyl (C=O) groups excluding carboxylic acids is 2. The van der Waals surface area contributed by atoms with Crippen LogP contribution in [0.15, 0.2) is 24.5 Å². The number of nitrogens with one attached hydrogen (secondary N) is 1. The van der Waals surface area contributed by atoms with E-state index in [4.69, 9.17) is 4.74 Å². The van der Waals surface area contributed by atoms with Crippen molar-refractivity contribution in [2.75, 3.05) is 19.7 Å². The molecule has 1 atom stereocenters. The lowest BCUT2D eigenvalue weighted by molar-refractivity contribution is -0.127. The molecule has 4 rings (SSSR count). The second-order valence-corrected chi connectivity index (χ2v) is 8.27. The van der Waals surface area contributed by atoms with E-state index in [9.17, 15) is 9.59 Å². The molecule has 27 heavy (non-hydrogen) atoms. The molecule has 1 N–H and O–H groups in total. The largest absolute Gasteiger partial charge is 0.373 e. The van der Waals surface area contributed by atoms with Gasteiger partial charge in [-0.1, -0.05) is 19.3 Å². The number of rotatable bonds is 3. The zero-order chi connectivity index (χ0) is 18.7. The quantitative estimate of drug-likeness (QED) is 0.886. The van der Waals surface area contributed by atoms with Crippen molar-refractivity contribution in [3.8, 4) is 0 Å². The Labute approximate surface area is 160 Å². The molecule has 2 aliphatic heterocycles. The first-order chi connectivity index (χ1) is 13.2. The maximum atomic E-state index is 12.7. The van der Waals surface area contributed by atoms with Gasteiger partial charge in [0.15, 0.2) is 0 Å². The molecule has 0 radical (unpaired) electrons. The summed E-state index contributed by atoms with van der Waals surface area (Å²) in [6, 6.07) is 3.62. The number of aromatic nitrogens is 1. The van der Waals surface area contributed by atoms with E-state index in [1.54, 1.807) is 24.5 Å². The molecule has 2 amide bonds. The van der Waals surface area contributed by atoms with Gasteiger partial charge in [0.25, 0.3) is 5.91 Å². The Morgan fingerprint density at radius 1 is 1.11 bits per heavy atom. The molecule has 1 aromatic rings. The maximum Gasteiger partial charge on any atom is 0.253 e. The fraction of sp³-hybridized carbons (Fsp3) is 0.667. The van der Waals surface area contributed by atoms with E-state index in [1.165, 1.54) is 19.3 Å². The minimum Gasteiger partial charge on any atom is -0.373 e. The first-order valence-electron chi connectivity index (χ1n) is 10.3. The third kappa shape index (κ3) is 4.15. The van der Waals surface area contributed by atoms with Crippen molar-refractivity contribution in [2.45, 2.75) is 63.0 Å². The lowest BCUT2D eigenvalue weighted by atomic mass is 9.82. The summed E-state index contributed by atoms with van der Waals surface area (Å²) in [5.41, 5.74) is 0.685. The Balaban J connectivity index is 1.25. The van der Waals surface area contributed by atoms with Crippen LogP contribution in [0.3, 0.4) is 0 Å². The fourth-order valence-electron chi connectivity index (χ4n) is 4.82. The van der Waals surface area contributed by atoms with Gasteiger partial charge < -0.3 is 15.0 Å². The van der Waals surface area contributed by atoms with Crippen molar-refractivity contribution < 1.29 is 14.3 Å². The average molecular weight is 371 g/mol. The number of nitrogens with zero attached hydrogens (tertiary/aromatic N) is 2. The Bertz CT molecular complexity index is 665. The van der Waals surface area contributed by atoms with Gasteiger partial charge in [-0.25, -0.2) is 0 Å². The summed E-state index contributed by atoms with van der Waals surface area (Å²) in [5.74, 6) is 0.154. The van der Waals surface area contributed by atoms with Crippen LogP contribution in [0.5, 0.6) is 0 Å². The summed E-state index contributed by atoms with van der Waals surface area (Å²) in [7, 11) is 0. The van der Waals surface area contributed by atoms with Gasteiger partial charge in [0.05, 0.1) is 18.2 Å². The van der Waals surface area contributed by atoms with Crippen LogP contribution in [0.1, 0.15) is 61.7 Å². The molecule has 0 bridgehead atoms. The second-order valence-electron chi connectivity index (χ2n) is 8.27. The third-order valence-corrected chi connectivity index (χ3v) is 6.40. The van der Waals surface area contributed by atoms with Crippen molar-refractivity contribution in [1.82, 2.24) is 15.2 Å². The number of ether oxygens (including phenoxy) is 1. The number of amides is 2. The van der Waals surface area contributed by atoms with Crippen LogP contribution in [0.2, 0.25) is 0 Å². The molecular formula is C21H29N3O3. The van der Waals surface area contributed by atoms with E-state index in [0.29, 0.717) is 25.3 Å². The zero-order valence-corrected chi connectivity index (χ0v) is 15.9. The van der Waals surface area contributed by atoms with Gasteiger partial charge >= 0.3 is 0 Å². The smallest absolute Gasteiger partial charge is 0.253 e. The molecule has 3 fully saturated rings. The van der Waals surface area contributed by atoms with Gasteiger partial charge in [-0.15, -0.1) is 0 Å². The molecule has 6 heteroatoms. The standard InChI is InChI=1S/C21H29N3O3/c25-19(23-18-14-21(27-15-18)8-2-1-3-9-21)16-6-12-24(13-7-16)20(26)17-4-10-22-11-5-17/h4-5,10-11,16,18H,1-3,6-9,12-15H2,(H,23,25)/t18-/m1/s1. The number of pyridine rings is 1. The molecule has 146 valence electrons. The lowest BCUT2D eigenvalue weighted by Crippen LogP contribution is -2.46. The average Bonchev–Trinajstić information content (AvgIpc) is 3.10. The second kappa shape index (κ2) is 7.97. The number of hydrogen-bond acceptors (Lipinski definition) is 4. The Morgan fingerprint density at radius 3 is 2.52 bits per heavy atom. The normalized spacial score (nSPS) is 25.5. The summed E-state index contributed by atoms with van der Waals surface area (Å²) in [4.78, 5) is 31.0. The van der Waals surface area contributed by atoms with Gasteiger partial charge in [0, 0.05) is 37.0 Å². The van der Waals surface area contributed by atoms with Crippen LogP contribution in [0.4, 0.5) is 0 Å². The Kier molecular flexibility index (Phi) is 5.43. The minimum absolute atomic E-state index is 0.00519. The number of carbonyl (C=O) groups is 2. The highest BCUT2D eigenvalue weighted by molar-refractivity contribution is 5.94. The van der Waals surface area contributed by atoms with Crippen LogP contribution in [0.25, 0.3) is 0 Å².